The van der Waals surface area contributed by atoms with Crippen LogP contribution in [-0.2, 0) is 7.05 Å². The van der Waals surface area contributed by atoms with Crippen LogP contribution >= 0.6 is 0 Å². The number of aryl methyl sites for hydroxylation is 1. The van der Waals surface area contributed by atoms with Gasteiger partial charge in [-0.15, -0.1) is 0 Å². The van der Waals surface area contributed by atoms with Gasteiger partial charge in [-0.25, -0.2) is 8.78 Å². The van der Waals surface area contributed by atoms with Crippen molar-refractivity contribution in [2.45, 2.75) is 56.4 Å². The second-order valence-corrected chi connectivity index (χ2v) is 7.18. The summed E-state index contributed by atoms with van der Waals surface area (Å²) in [6.07, 6.45) is 4.36. The van der Waals surface area contributed by atoms with Crippen LogP contribution in [0.3, 0.4) is 0 Å². The van der Waals surface area contributed by atoms with Gasteiger partial charge in [-0.2, -0.15) is 5.10 Å². The number of halogens is 2. The third kappa shape index (κ3) is 2.15. The number of rotatable bonds is 3. The van der Waals surface area contributed by atoms with Gasteiger partial charge in [0.1, 0.15) is 5.69 Å². The molecule has 0 aliphatic heterocycles. The molecule has 3 unspecified atom stereocenters. The van der Waals surface area contributed by atoms with Crippen molar-refractivity contribution in [3.63, 3.8) is 0 Å². The van der Waals surface area contributed by atoms with Crippen molar-refractivity contribution in [3.05, 3.63) is 17.5 Å². The summed E-state index contributed by atoms with van der Waals surface area (Å²) < 4.78 is 28.7. The standard InChI is InChI=1S/C16H21F2N3O/c1-21-14(7-13(20-21)9-3-2-4-9)15(22)19-12-6-11-5-10(12)8-16(11,17)18/h7,9-12H,2-6,8H2,1H3,(H,19,22). The lowest BCUT2D eigenvalue weighted by Gasteiger charge is -2.28. The molecule has 4 nitrogen and oxygen atoms in total. The van der Waals surface area contributed by atoms with Crippen LogP contribution in [0.2, 0.25) is 0 Å². The Kier molecular flexibility index (Phi) is 3.07. The Morgan fingerprint density at radius 2 is 2.18 bits per heavy atom. The number of carbonyl (C=O) groups excluding carboxylic acids is 1. The van der Waals surface area contributed by atoms with Crippen LogP contribution in [0.5, 0.6) is 0 Å². The highest BCUT2D eigenvalue weighted by molar-refractivity contribution is 5.93. The fourth-order valence-corrected chi connectivity index (χ4v) is 4.24. The number of aromatic nitrogens is 2. The highest BCUT2D eigenvalue weighted by Crippen LogP contribution is 2.53. The largest absolute Gasteiger partial charge is 0.348 e. The summed E-state index contributed by atoms with van der Waals surface area (Å²) in [7, 11) is 1.77. The number of fused-ring (bicyclic) bond motifs is 2. The number of hydrogen-bond donors (Lipinski definition) is 1. The van der Waals surface area contributed by atoms with E-state index in [1.54, 1.807) is 11.7 Å². The molecule has 1 aromatic heterocycles. The zero-order chi connectivity index (χ0) is 15.5. The molecule has 0 radical (unpaired) electrons. The summed E-state index contributed by atoms with van der Waals surface area (Å²) in [5.74, 6) is -2.87. The summed E-state index contributed by atoms with van der Waals surface area (Å²) >= 11 is 0. The topological polar surface area (TPSA) is 46.9 Å². The summed E-state index contributed by atoms with van der Waals surface area (Å²) in [4.78, 5) is 12.4. The van der Waals surface area contributed by atoms with Gasteiger partial charge in [-0.05, 0) is 37.7 Å². The van der Waals surface area contributed by atoms with Crippen molar-refractivity contribution in [2.75, 3.05) is 0 Å². The van der Waals surface area contributed by atoms with Gasteiger partial charge in [0.25, 0.3) is 11.8 Å². The van der Waals surface area contributed by atoms with E-state index in [9.17, 15) is 13.6 Å². The van der Waals surface area contributed by atoms with Gasteiger partial charge in [0.2, 0.25) is 0 Å². The van der Waals surface area contributed by atoms with E-state index in [0.717, 1.165) is 18.5 Å². The zero-order valence-electron chi connectivity index (χ0n) is 12.7. The van der Waals surface area contributed by atoms with E-state index < -0.39 is 11.8 Å². The normalized spacial score (nSPS) is 33.0. The molecule has 1 N–H and O–H groups in total. The number of alkyl halides is 2. The lowest BCUT2D eigenvalue weighted by atomic mass is 9.83. The summed E-state index contributed by atoms with van der Waals surface area (Å²) in [6, 6.07) is 1.75. The Morgan fingerprint density at radius 3 is 2.73 bits per heavy atom. The molecule has 3 aliphatic carbocycles. The number of carbonyl (C=O) groups is 1. The van der Waals surface area contributed by atoms with E-state index in [4.69, 9.17) is 0 Å². The first-order valence-corrected chi connectivity index (χ1v) is 8.16. The van der Waals surface area contributed by atoms with Crippen molar-refractivity contribution in [1.29, 1.82) is 0 Å². The number of nitrogens with zero attached hydrogens (tertiary/aromatic N) is 2. The summed E-state index contributed by atoms with van der Waals surface area (Å²) in [6.45, 7) is 0. The lowest BCUT2D eigenvalue weighted by Crippen LogP contribution is -2.42. The Labute approximate surface area is 128 Å². The molecular weight excluding hydrogens is 288 g/mol. The van der Waals surface area contributed by atoms with Crippen LogP contribution in [0, 0.1) is 11.8 Å². The molecule has 3 fully saturated rings. The smallest absolute Gasteiger partial charge is 0.269 e. The van der Waals surface area contributed by atoms with E-state index in [1.165, 1.54) is 6.42 Å². The number of amides is 1. The maximum Gasteiger partial charge on any atom is 0.269 e. The number of hydrogen-bond acceptors (Lipinski definition) is 2. The van der Waals surface area contributed by atoms with Crippen LogP contribution in [0.4, 0.5) is 8.78 Å². The molecule has 3 saturated carbocycles. The molecule has 1 amide bonds. The van der Waals surface area contributed by atoms with Gasteiger partial charge < -0.3 is 5.32 Å². The van der Waals surface area contributed by atoms with Crippen molar-refractivity contribution >= 4 is 5.91 Å². The first kappa shape index (κ1) is 14.2. The minimum atomic E-state index is -2.53. The Balaban J connectivity index is 1.44. The van der Waals surface area contributed by atoms with E-state index in [2.05, 4.69) is 10.4 Å². The first-order chi connectivity index (χ1) is 10.4. The maximum atomic E-state index is 13.5. The first-order valence-electron chi connectivity index (χ1n) is 8.16. The Bertz CT molecular complexity index is 609. The number of nitrogens with one attached hydrogen (secondary N) is 1. The maximum absolute atomic E-state index is 13.5. The molecule has 120 valence electrons. The predicted molar refractivity (Wildman–Crippen MR) is 76.8 cm³/mol. The zero-order valence-corrected chi connectivity index (χ0v) is 12.7. The van der Waals surface area contributed by atoms with E-state index in [0.29, 0.717) is 24.5 Å². The van der Waals surface area contributed by atoms with Crippen LogP contribution in [0.1, 0.15) is 60.6 Å². The van der Waals surface area contributed by atoms with Crippen molar-refractivity contribution in [3.8, 4) is 0 Å². The van der Waals surface area contributed by atoms with E-state index >= 15 is 0 Å². The van der Waals surface area contributed by atoms with Crippen LogP contribution in [0.15, 0.2) is 6.07 Å². The molecule has 4 rings (SSSR count). The van der Waals surface area contributed by atoms with Gasteiger partial charge in [0, 0.05) is 31.3 Å². The predicted octanol–water partition coefficient (Wildman–Crippen LogP) is 2.85. The SMILES string of the molecule is Cn1nc(C2CCC2)cc1C(=O)NC1CC2CC1CC2(F)F. The molecule has 0 saturated heterocycles. The third-order valence-corrected chi connectivity index (χ3v) is 5.80. The third-order valence-electron chi connectivity index (χ3n) is 5.80. The van der Waals surface area contributed by atoms with Crippen molar-refractivity contribution < 1.29 is 13.6 Å². The average Bonchev–Trinajstić information content (AvgIpc) is 2.99. The van der Waals surface area contributed by atoms with E-state index in [-0.39, 0.29) is 24.3 Å². The van der Waals surface area contributed by atoms with Crippen LogP contribution in [0.25, 0.3) is 0 Å². The molecule has 2 bridgehead atoms. The van der Waals surface area contributed by atoms with Gasteiger partial charge in [-0.3, -0.25) is 9.48 Å². The van der Waals surface area contributed by atoms with E-state index in [1.807, 2.05) is 6.07 Å². The monoisotopic (exact) mass is 309 g/mol. The Morgan fingerprint density at radius 1 is 1.41 bits per heavy atom. The minimum absolute atomic E-state index is 0.0803. The molecule has 3 aliphatic rings. The van der Waals surface area contributed by atoms with Crippen molar-refractivity contribution in [2.24, 2.45) is 18.9 Å². The molecule has 0 aromatic carbocycles. The van der Waals surface area contributed by atoms with Gasteiger partial charge in [0.15, 0.2) is 0 Å². The van der Waals surface area contributed by atoms with Gasteiger partial charge in [0.05, 0.1) is 5.69 Å². The highest BCUT2D eigenvalue weighted by Gasteiger charge is 2.56. The molecule has 1 heterocycles. The Hall–Kier alpha value is -1.46. The van der Waals surface area contributed by atoms with Gasteiger partial charge >= 0.3 is 0 Å². The molecule has 1 aromatic rings. The molecule has 22 heavy (non-hydrogen) atoms. The summed E-state index contributed by atoms with van der Waals surface area (Å²) in [5, 5.41) is 7.40. The van der Waals surface area contributed by atoms with Crippen molar-refractivity contribution in [1.82, 2.24) is 15.1 Å². The molecular formula is C16H21F2N3O. The van der Waals surface area contributed by atoms with Crippen LogP contribution in [-0.4, -0.2) is 27.7 Å². The second-order valence-electron chi connectivity index (χ2n) is 7.18. The minimum Gasteiger partial charge on any atom is -0.348 e. The fourth-order valence-electron chi connectivity index (χ4n) is 4.24. The summed E-state index contributed by atoms with van der Waals surface area (Å²) in [5.41, 5.74) is 1.52. The average molecular weight is 309 g/mol. The molecule has 3 atom stereocenters. The second kappa shape index (κ2) is 4.77. The fraction of sp³-hybridized carbons (Fsp3) is 0.750. The van der Waals surface area contributed by atoms with Crippen LogP contribution < -0.4 is 5.32 Å². The quantitative estimate of drug-likeness (QED) is 0.933. The van der Waals surface area contributed by atoms with Gasteiger partial charge in [-0.1, -0.05) is 6.42 Å². The highest BCUT2D eigenvalue weighted by atomic mass is 19.3. The lowest BCUT2D eigenvalue weighted by molar-refractivity contribution is -0.0561. The molecule has 6 heteroatoms. The molecule has 0 spiro atoms.